The van der Waals surface area contributed by atoms with E-state index in [0.29, 0.717) is 100 Å². The van der Waals surface area contributed by atoms with Crippen LogP contribution in [-0.2, 0) is 41.8 Å². The lowest BCUT2D eigenvalue weighted by molar-refractivity contribution is -0.121. The van der Waals surface area contributed by atoms with Crippen molar-refractivity contribution in [2.45, 2.75) is 76.3 Å². The molecule has 4 amide bonds. The first-order valence-corrected chi connectivity index (χ1v) is 20.0. The Morgan fingerprint density at radius 3 is 2.51 bits per heavy atom. The number of hydrogen-bond donors (Lipinski definition) is 4. The zero-order valence-corrected chi connectivity index (χ0v) is 32.3. The fourth-order valence-corrected chi connectivity index (χ4v) is 7.75. The molecule has 300 valence electrons. The van der Waals surface area contributed by atoms with Crippen LogP contribution in [0.3, 0.4) is 0 Å². The number of aliphatic imine (C=N–C) groups is 2. The first-order valence-electron chi connectivity index (χ1n) is 18.9. The Bertz CT molecular complexity index is 1570. The van der Waals surface area contributed by atoms with Crippen molar-refractivity contribution < 1.29 is 38.0 Å². The average molecular weight is 783 g/mol. The van der Waals surface area contributed by atoms with Gasteiger partial charge in [0, 0.05) is 45.0 Å². The van der Waals surface area contributed by atoms with Gasteiger partial charge < -0.3 is 35.2 Å². The summed E-state index contributed by atoms with van der Waals surface area (Å²) in [5, 5.41) is 5.08. The van der Waals surface area contributed by atoms with E-state index in [4.69, 9.17) is 20.2 Å². The van der Waals surface area contributed by atoms with Crippen molar-refractivity contribution in [2.75, 3.05) is 53.1 Å². The number of allylic oxidation sites excluding steroid dienone is 3. The molecule has 55 heavy (non-hydrogen) atoms. The monoisotopic (exact) mass is 782 g/mol. The van der Waals surface area contributed by atoms with Crippen molar-refractivity contribution in [3.63, 3.8) is 0 Å². The SMILES string of the molecule is CNC(=O)CCC(C=O)N1C(=O)c2cccc(CCCOCCOCCN[S+]([O-])N3CCC(\N=C/C(/C=C\C4CCCC4)=C(\N=C\N)NC=O)CC3)c2C1=O. The Hall–Kier alpha value is -4.26. The van der Waals surface area contributed by atoms with Gasteiger partial charge in [0.2, 0.25) is 12.3 Å². The van der Waals surface area contributed by atoms with E-state index < -0.39 is 29.4 Å². The summed E-state index contributed by atoms with van der Waals surface area (Å²) < 4.78 is 29.0. The summed E-state index contributed by atoms with van der Waals surface area (Å²) in [4.78, 5) is 70.7. The molecule has 0 aromatic heterocycles. The molecule has 17 heteroatoms. The quantitative estimate of drug-likeness (QED) is 0.0225. The fourth-order valence-electron chi connectivity index (χ4n) is 6.76. The highest BCUT2D eigenvalue weighted by molar-refractivity contribution is 7.87. The molecule has 2 fully saturated rings. The van der Waals surface area contributed by atoms with Crippen LogP contribution >= 0.6 is 0 Å². The van der Waals surface area contributed by atoms with E-state index in [2.05, 4.69) is 26.4 Å². The lowest BCUT2D eigenvalue weighted by Crippen LogP contribution is -2.46. The van der Waals surface area contributed by atoms with Crippen molar-refractivity contribution in [1.82, 2.24) is 24.6 Å². The maximum Gasteiger partial charge on any atom is 0.262 e. The van der Waals surface area contributed by atoms with Gasteiger partial charge in [-0.3, -0.25) is 29.1 Å². The van der Waals surface area contributed by atoms with Gasteiger partial charge in [0.1, 0.15) is 23.7 Å². The van der Waals surface area contributed by atoms with Crippen LogP contribution in [0.1, 0.15) is 84.1 Å². The van der Waals surface area contributed by atoms with E-state index in [0.717, 1.165) is 36.9 Å². The Morgan fingerprint density at radius 1 is 1.07 bits per heavy atom. The van der Waals surface area contributed by atoms with Crippen molar-refractivity contribution >= 4 is 54.5 Å². The molecule has 1 aromatic rings. The van der Waals surface area contributed by atoms with Crippen LogP contribution in [0.5, 0.6) is 0 Å². The Balaban J connectivity index is 1.09. The third kappa shape index (κ3) is 13.2. The van der Waals surface area contributed by atoms with E-state index in [9.17, 15) is 28.5 Å². The lowest BCUT2D eigenvalue weighted by atomic mass is 9.99. The number of aryl methyl sites for hydroxylation is 1. The standard InChI is InChI=1S/C38H54N8O8S/c1-40-34(49)14-13-32(25-47)46-37(50)33-10-4-8-29(35(33)38(46)51)9-5-20-53-22-23-54-21-17-44-55(52)45-18-15-31(16-19-45)41-24-30(36(42-26-39)43-27-48)12-11-28-6-2-3-7-28/h4,8,10-12,24-28,31-32,44H,2-3,5-7,9,13-23H2,1H3,(H2,39,42)(H,40,49)(H,43,48)/b12-11-,36-30+,41-24-. The zero-order chi connectivity index (χ0) is 39.4. The molecule has 2 unspecified atom stereocenters. The molecule has 1 saturated heterocycles. The van der Waals surface area contributed by atoms with Crippen LogP contribution < -0.4 is 21.1 Å². The van der Waals surface area contributed by atoms with Crippen LogP contribution in [0.4, 0.5) is 0 Å². The molecule has 2 heterocycles. The Labute approximate surface area is 325 Å². The predicted molar refractivity (Wildman–Crippen MR) is 209 cm³/mol. The predicted octanol–water partition coefficient (Wildman–Crippen LogP) is 1.74. The molecule has 2 atom stereocenters. The van der Waals surface area contributed by atoms with Gasteiger partial charge in [-0.05, 0) is 62.5 Å². The van der Waals surface area contributed by atoms with Gasteiger partial charge in [-0.2, -0.15) is 0 Å². The zero-order valence-electron chi connectivity index (χ0n) is 31.5. The average Bonchev–Trinajstić information content (AvgIpc) is 3.82. The minimum absolute atomic E-state index is 0.0182. The molecule has 16 nitrogen and oxygen atoms in total. The molecule has 0 radical (unpaired) electrons. The molecule has 1 saturated carbocycles. The van der Waals surface area contributed by atoms with Gasteiger partial charge in [-0.15, -0.1) is 9.03 Å². The summed E-state index contributed by atoms with van der Waals surface area (Å²) in [6.07, 6.45) is 15.5. The van der Waals surface area contributed by atoms with Gasteiger partial charge >= 0.3 is 0 Å². The number of fused-ring (bicyclic) bond motifs is 1. The topological polar surface area (TPSA) is 220 Å². The number of nitrogens with one attached hydrogen (secondary N) is 3. The maximum absolute atomic E-state index is 13.2. The summed E-state index contributed by atoms with van der Waals surface area (Å²) in [7, 11) is 1.48. The number of hydrogen-bond acceptors (Lipinski definition) is 12. The number of nitrogens with two attached hydrogens (primary N) is 1. The summed E-state index contributed by atoms with van der Waals surface area (Å²) >= 11 is -1.36. The van der Waals surface area contributed by atoms with Crippen LogP contribution in [0.2, 0.25) is 0 Å². The number of amides is 4. The van der Waals surface area contributed by atoms with E-state index in [-0.39, 0.29) is 30.4 Å². The Morgan fingerprint density at radius 2 is 1.82 bits per heavy atom. The summed E-state index contributed by atoms with van der Waals surface area (Å²) in [6, 6.07) is 4.11. The minimum atomic E-state index is -1.36. The van der Waals surface area contributed by atoms with Crippen molar-refractivity contribution in [1.29, 1.82) is 0 Å². The smallest absolute Gasteiger partial charge is 0.262 e. The van der Waals surface area contributed by atoms with E-state index >= 15 is 0 Å². The highest BCUT2D eigenvalue weighted by Gasteiger charge is 2.41. The summed E-state index contributed by atoms with van der Waals surface area (Å²) in [5.41, 5.74) is 7.45. The number of ether oxygens (including phenoxy) is 2. The molecule has 0 bridgehead atoms. The van der Waals surface area contributed by atoms with Crippen molar-refractivity contribution in [2.24, 2.45) is 21.6 Å². The second-order valence-corrected chi connectivity index (χ2v) is 14.7. The maximum atomic E-state index is 13.2. The number of piperidine rings is 1. The third-order valence-corrected chi connectivity index (χ3v) is 11.0. The van der Waals surface area contributed by atoms with Gasteiger partial charge in [0.15, 0.2) is 0 Å². The number of imide groups is 1. The van der Waals surface area contributed by atoms with E-state index in [1.165, 1.54) is 19.9 Å². The van der Waals surface area contributed by atoms with Crippen LogP contribution in [-0.4, -0.2) is 122 Å². The molecule has 2 aliphatic heterocycles. The highest BCUT2D eigenvalue weighted by Crippen LogP contribution is 2.29. The molecule has 4 rings (SSSR count). The molecule has 0 spiro atoms. The Kier molecular flexibility index (Phi) is 18.7. The first kappa shape index (κ1) is 43.5. The fraction of sp³-hybridized carbons (Fsp3) is 0.553. The molecule has 1 aliphatic carbocycles. The number of carbonyl (C=O) groups is 5. The molecule has 5 N–H and O–H groups in total. The third-order valence-electron chi connectivity index (χ3n) is 9.75. The van der Waals surface area contributed by atoms with Crippen molar-refractivity contribution in [3.8, 4) is 0 Å². The number of rotatable bonds is 24. The number of nitrogens with zero attached hydrogens (tertiary/aromatic N) is 4. The number of carbonyl (C=O) groups excluding carboxylic acids is 5. The first-order chi connectivity index (χ1) is 26.8. The largest absolute Gasteiger partial charge is 0.579 e. The normalized spacial score (nSPS) is 18.7. The highest BCUT2D eigenvalue weighted by atomic mass is 32.2. The van der Waals surface area contributed by atoms with Crippen LogP contribution in [0, 0.1) is 5.92 Å². The molecule has 3 aliphatic rings. The summed E-state index contributed by atoms with van der Waals surface area (Å²) in [5.74, 6) is -0.486. The lowest BCUT2D eigenvalue weighted by Gasteiger charge is -2.29. The molecule has 1 aromatic carbocycles. The number of aldehydes is 1. The molecular formula is C38H54N8O8S. The van der Waals surface area contributed by atoms with E-state index in [1.54, 1.807) is 24.4 Å². The van der Waals surface area contributed by atoms with Gasteiger partial charge in [-0.1, -0.05) is 37.1 Å². The van der Waals surface area contributed by atoms with E-state index in [1.807, 2.05) is 10.4 Å². The van der Waals surface area contributed by atoms with Gasteiger partial charge in [0.25, 0.3) is 11.8 Å². The van der Waals surface area contributed by atoms with Crippen molar-refractivity contribution in [3.05, 3.63) is 58.4 Å². The molecular weight excluding hydrogens is 729 g/mol. The minimum Gasteiger partial charge on any atom is -0.579 e. The number of benzene rings is 1. The van der Waals surface area contributed by atoms with Gasteiger partial charge in [0.05, 0.1) is 55.9 Å². The van der Waals surface area contributed by atoms with Crippen LogP contribution in [0.15, 0.2) is 51.7 Å². The second kappa shape index (κ2) is 23.6. The second-order valence-electron chi connectivity index (χ2n) is 13.4. The van der Waals surface area contributed by atoms with Gasteiger partial charge in [-0.25, -0.2) is 4.99 Å². The van der Waals surface area contributed by atoms with Crippen LogP contribution in [0.25, 0.3) is 0 Å². The summed E-state index contributed by atoms with van der Waals surface area (Å²) in [6.45, 7) is 3.12.